The lowest BCUT2D eigenvalue weighted by molar-refractivity contribution is -0.120. The summed E-state index contributed by atoms with van der Waals surface area (Å²) in [5, 5.41) is 31.4. The third kappa shape index (κ3) is 13.1. The van der Waals surface area contributed by atoms with E-state index in [1.165, 1.54) is 46.5 Å². The minimum atomic E-state index is -0.755. The number of tetrazole rings is 2. The first-order chi connectivity index (χ1) is 36.8. The fourth-order valence-electron chi connectivity index (χ4n) is 9.25. The van der Waals surface area contributed by atoms with Gasteiger partial charge in [0.2, 0.25) is 22.1 Å². The average Bonchev–Trinajstić information content (AvgIpc) is 4.24. The van der Waals surface area contributed by atoms with Crippen LogP contribution in [0.1, 0.15) is 62.7 Å². The summed E-state index contributed by atoms with van der Waals surface area (Å²) < 4.78 is 72.8. The summed E-state index contributed by atoms with van der Waals surface area (Å²) in [7, 11) is 0. The fourth-order valence-corrected chi connectivity index (χ4v) is 10.9. The number of carbonyl (C=O) groups is 4. The minimum Gasteiger partial charge on any atom is -0.442 e. The predicted molar refractivity (Wildman–Crippen MR) is 274 cm³/mol. The SMILES string of the molecule is CC(=O)NC[C@H]1CN(c2cc(F)c(N3CCC(n4nnc(SCc5ccccc5)n4)CC3)c(F)c2)C(=O)O1.CC(=O)NC[C@H]1CN(c2cc(F)c(N3CCC(n4nnnc4SCc4ccccc4)CC3)c(F)c2)C(=O)O1. The van der Waals surface area contributed by atoms with Crippen molar-refractivity contribution in [2.24, 2.45) is 0 Å². The van der Waals surface area contributed by atoms with Crippen LogP contribution in [0, 0.1) is 23.3 Å². The Bertz CT molecular complexity index is 2950. The number of anilines is 4. The van der Waals surface area contributed by atoms with Crippen LogP contribution in [0.3, 0.4) is 0 Å². The Hall–Kier alpha value is -7.48. The predicted octanol–water partition coefficient (Wildman–Crippen LogP) is 7.09. The van der Waals surface area contributed by atoms with Crippen LogP contribution in [0.4, 0.5) is 49.9 Å². The summed E-state index contributed by atoms with van der Waals surface area (Å²) in [5.41, 5.74) is 2.24. The second-order valence-electron chi connectivity index (χ2n) is 18.4. The quantitative estimate of drug-likeness (QED) is 0.0732. The van der Waals surface area contributed by atoms with Crippen molar-refractivity contribution in [3.05, 3.63) is 119 Å². The van der Waals surface area contributed by atoms with Crippen LogP contribution in [0.25, 0.3) is 0 Å². The summed E-state index contributed by atoms with van der Waals surface area (Å²) in [5.74, 6) is -2.05. The van der Waals surface area contributed by atoms with Crippen molar-refractivity contribution in [1.29, 1.82) is 0 Å². The van der Waals surface area contributed by atoms with E-state index in [1.54, 1.807) is 31.0 Å². The van der Waals surface area contributed by atoms with E-state index in [1.807, 2.05) is 60.7 Å². The van der Waals surface area contributed by atoms with Gasteiger partial charge in [-0.1, -0.05) is 84.2 Å². The van der Waals surface area contributed by atoms with Crippen LogP contribution < -0.4 is 30.2 Å². The van der Waals surface area contributed by atoms with Gasteiger partial charge in [-0.25, -0.2) is 31.8 Å². The van der Waals surface area contributed by atoms with Gasteiger partial charge >= 0.3 is 12.2 Å². The second kappa shape index (κ2) is 24.5. The number of nitrogens with one attached hydrogen (secondary N) is 2. The molecule has 4 fully saturated rings. The zero-order valence-electron chi connectivity index (χ0n) is 41.4. The molecule has 0 unspecified atom stereocenters. The lowest BCUT2D eigenvalue weighted by Gasteiger charge is -2.34. The molecule has 0 bridgehead atoms. The van der Waals surface area contributed by atoms with E-state index in [0.29, 0.717) is 62.2 Å². The van der Waals surface area contributed by atoms with Crippen molar-refractivity contribution in [1.82, 2.24) is 51.0 Å². The molecule has 4 aliphatic heterocycles. The smallest absolute Gasteiger partial charge is 0.414 e. The number of aromatic nitrogens is 8. The van der Waals surface area contributed by atoms with Crippen LogP contribution in [0.5, 0.6) is 0 Å². The van der Waals surface area contributed by atoms with Gasteiger partial charge in [0, 0.05) is 75.8 Å². The van der Waals surface area contributed by atoms with Gasteiger partial charge in [0.1, 0.15) is 23.6 Å². The van der Waals surface area contributed by atoms with Gasteiger partial charge in [-0.3, -0.25) is 19.4 Å². The number of thioether (sulfide) groups is 2. The molecule has 2 atom stereocenters. The van der Waals surface area contributed by atoms with Crippen LogP contribution >= 0.6 is 23.5 Å². The summed E-state index contributed by atoms with van der Waals surface area (Å²) in [4.78, 5) is 54.0. The maximum absolute atomic E-state index is 15.2. The third-order valence-electron chi connectivity index (χ3n) is 13.1. The Morgan fingerprint density at radius 3 is 1.53 bits per heavy atom. The summed E-state index contributed by atoms with van der Waals surface area (Å²) in [6, 6.07) is 24.6. The van der Waals surface area contributed by atoms with Crippen molar-refractivity contribution in [2.45, 2.75) is 85.6 Å². The van der Waals surface area contributed by atoms with Crippen LogP contribution in [0.15, 0.2) is 95.2 Å². The van der Waals surface area contributed by atoms with Crippen LogP contribution in [-0.2, 0) is 30.6 Å². The van der Waals surface area contributed by atoms with Gasteiger partial charge in [0.15, 0.2) is 23.3 Å². The molecule has 0 aliphatic carbocycles. The van der Waals surface area contributed by atoms with E-state index in [4.69, 9.17) is 9.47 Å². The van der Waals surface area contributed by atoms with Gasteiger partial charge in [-0.2, -0.15) is 4.80 Å². The Morgan fingerprint density at radius 1 is 0.618 bits per heavy atom. The number of ether oxygens (including phenoxy) is 2. The first-order valence-corrected chi connectivity index (χ1v) is 26.6. The van der Waals surface area contributed by atoms with Gasteiger partial charge in [0.25, 0.3) is 0 Å². The van der Waals surface area contributed by atoms with E-state index in [-0.39, 0.29) is 72.8 Å². The van der Waals surface area contributed by atoms with Crippen molar-refractivity contribution in [2.75, 3.05) is 72.0 Å². The molecule has 4 amide bonds. The molecule has 10 rings (SSSR count). The monoisotopic (exact) mass is 1090 g/mol. The topological polar surface area (TPSA) is 211 Å². The number of carbonyl (C=O) groups excluding carboxylic acids is 4. The molecule has 2 N–H and O–H groups in total. The van der Waals surface area contributed by atoms with E-state index in [9.17, 15) is 19.2 Å². The zero-order valence-corrected chi connectivity index (χ0v) is 43.1. The third-order valence-corrected chi connectivity index (χ3v) is 15.0. The lowest BCUT2D eigenvalue weighted by Crippen LogP contribution is -2.36. The van der Waals surface area contributed by atoms with Gasteiger partial charge in [-0.05, 0) is 52.5 Å². The summed E-state index contributed by atoms with van der Waals surface area (Å²) >= 11 is 3.06. The molecule has 4 aliphatic rings. The molecular formula is C50H54F4N14O6S2. The van der Waals surface area contributed by atoms with E-state index >= 15 is 17.6 Å². The molecule has 20 nitrogen and oxygen atoms in total. The maximum atomic E-state index is 15.2. The highest BCUT2D eigenvalue weighted by Gasteiger charge is 2.36. The molecule has 0 saturated carbocycles. The normalized spacial score (nSPS) is 18.1. The van der Waals surface area contributed by atoms with Crippen LogP contribution in [0.2, 0.25) is 0 Å². The molecule has 0 radical (unpaired) electrons. The number of benzene rings is 4. The molecule has 4 saturated heterocycles. The number of rotatable bonds is 16. The molecule has 26 heteroatoms. The molecule has 6 aromatic rings. The number of halogens is 4. The first kappa shape index (κ1) is 53.3. The van der Waals surface area contributed by atoms with Crippen molar-refractivity contribution >= 4 is 70.3 Å². The Balaban J connectivity index is 0.000000186. The Labute approximate surface area is 442 Å². The van der Waals surface area contributed by atoms with Crippen LogP contribution in [-0.4, -0.2) is 129 Å². The van der Waals surface area contributed by atoms with E-state index in [0.717, 1.165) is 35.8 Å². The molecule has 400 valence electrons. The van der Waals surface area contributed by atoms with E-state index < -0.39 is 47.7 Å². The van der Waals surface area contributed by atoms with Gasteiger partial charge in [-0.15, -0.1) is 15.3 Å². The number of amides is 4. The number of hydrogen-bond donors (Lipinski definition) is 2. The van der Waals surface area contributed by atoms with Gasteiger partial charge < -0.3 is 29.9 Å². The van der Waals surface area contributed by atoms with Crippen molar-refractivity contribution < 1.29 is 46.2 Å². The molecule has 0 spiro atoms. The molecule has 6 heterocycles. The largest absolute Gasteiger partial charge is 0.442 e. The number of hydrogen-bond acceptors (Lipinski definition) is 16. The lowest BCUT2D eigenvalue weighted by atomic mass is 10.0. The number of cyclic esters (lactones) is 2. The molecule has 2 aromatic heterocycles. The zero-order chi connectivity index (χ0) is 53.3. The van der Waals surface area contributed by atoms with Crippen molar-refractivity contribution in [3.8, 4) is 0 Å². The standard InChI is InChI=1S/2C25H27F2N7O3S/c1-16(35)28-13-20-14-33(25(36)37-20)19-11-21(26)23(22(27)12-19)32-9-7-18(8-10-32)34-24(29-30-31-34)38-15-17-5-3-2-4-6-17;1-16(35)28-13-20-14-33(25(36)37-20)19-11-21(26)23(22(27)12-19)32-9-7-18(8-10-32)34-30-24(29-31-34)38-15-17-5-3-2-4-6-17/h2*2-6,11-12,18,20H,7-10,13-15H2,1H3,(H,28,35)/t2*20-/m00/s1. The summed E-state index contributed by atoms with van der Waals surface area (Å²) in [6.07, 6.45) is -0.185. The fraction of sp³-hybridized carbons (Fsp3) is 0.400. The van der Waals surface area contributed by atoms with Crippen molar-refractivity contribution in [3.63, 3.8) is 0 Å². The molecule has 76 heavy (non-hydrogen) atoms. The Morgan fingerprint density at radius 2 is 1.07 bits per heavy atom. The minimum absolute atomic E-state index is 0.0184. The molecular weight excluding hydrogens is 1030 g/mol. The molecule has 4 aromatic carbocycles. The highest BCUT2D eigenvalue weighted by Crippen LogP contribution is 2.37. The maximum Gasteiger partial charge on any atom is 0.414 e. The number of piperidine rings is 2. The first-order valence-electron chi connectivity index (χ1n) is 24.6. The Kier molecular flexibility index (Phi) is 17.2. The second-order valence-corrected chi connectivity index (χ2v) is 20.3. The number of nitrogens with zero attached hydrogens (tertiary/aromatic N) is 12. The average molecular weight is 1090 g/mol. The highest BCUT2D eigenvalue weighted by atomic mass is 32.2. The summed E-state index contributed by atoms with van der Waals surface area (Å²) in [6.45, 7) is 4.80. The highest BCUT2D eigenvalue weighted by molar-refractivity contribution is 7.98. The van der Waals surface area contributed by atoms with Gasteiger partial charge in [0.05, 0.1) is 49.6 Å². The van der Waals surface area contributed by atoms with E-state index in [2.05, 4.69) is 41.6 Å².